The van der Waals surface area contributed by atoms with Gasteiger partial charge in [-0.25, -0.2) is 0 Å². The van der Waals surface area contributed by atoms with Crippen LogP contribution in [0.2, 0.25) is 10.0 Å². The molecule has 1 heterocycles. The van der Waals surface area contributed by atoms with E-state index in [4.69, 9.17) is 33.0 Å². The highest BCUT2D eigenvalue weighted by Crippen LogP contribution is 2.29. The smallest absolute Gasteiger partial charge is 0.139 e. The third-order valence-electron chi connectivity index (χ3n) is 2.23. The fourth-order valence-electron chi connectivity index (χ4n) is 1.40. The maximum absolute atomic E-state index is 8.62. The van der Waals surface area contributed by atoms with E-state index in [1.807, 2.05) is 11.4 Å². The quantitative estimate of drug-likeness (QED) is 0.869. The largest absolute Gasteiger partial charge is 0.486 e. The van der Waals surface area contributed by atoms with E-state index in [0.717, 1.165) is 10.4 Å². The lowest BCUT2D eigenvalue weighted by molar-refractivity contribution is 0.310. The van der Waals surface area contributed by atoms with Gasteiger partial charge in [-0.2, -0.15) is 0 Å². The predicted molar refractivity (Wildman–Crippen MR) is 79.1 cm³/mol. The summed E-state index contributed by atoms with van der Waals surface area (Å²) in [7, 11) is 0. The van der Waals surface area contributed by atoms with Crippen molar-refractivity contribution in [2.45, 2.75) is 6.61 Å². The predicted octanol–water partition coefficient (Wildman–Crippen LogP) is 3.98. The van der Waals surface area contributed by atoms with E-state index in [9.17, 15) is 0 Å². The van der Waals surface area contributed by atoms with Crippen LogP contribution in [-0.2, 0) is 6.61 Å². The summed E-state index contributed by atoms with van der Waals surface area (Å²) < 4.78 is 5.62. The SMILES string of the molecule is OCC#Cc1csc(COc2cc(Cl)ccc2Cl)c1. The highest BCUT2D eigenvalue weighted by atomic mass is 35.5. The molecule has 1 N–H and O–H groups in total. The lowest BCUT2D eigenvalue weighted by atomic mass is 10.3. The summed E-state index contributed by atoms with van der Waals surface area (Å²) in [4.78, 5) is 1.03. The topological polar surface area (TPSA) is 29.5 Å². The maximum Gasteiger partial charge on any atom is 0.139 e. The Morgan fingerprint density at radius 2 is 2.11 bits per heavy atom. The second-order valence-corrected chi connectivity index (χ2v) is 5.46. The minimum atomic E-state index is -0.139. The van der Waals surface area contributed by atoms with Gasteiger partial charge in [-0.3, -0.25) is 0 Å². The first-order valence-electron chi connectivity index (χ1n) is 5.44. The summed E-state index contributed by atoms with van der Waals surface area (Å²) in [5, 5.41) is 11.7. The van der Waals surface area contributed by atoms with Gasteiger partial charge in [-0.1, -0.05) is 35.0 Å². The standard InChI is InChI=1S/C14H10Cl2O2S/c15-11-3-4-13(16)14(7-11)18-8-12-6-10(9-19-12)2-1-5-17/h3-4,6-7,9,17H,5,8H2. The van der Waals surface area contributed by atoms with Crippen LogP contribution in [0.4, 0.5) is 0 Å². The monoisotopic (exact) mass is 312 g/mol. The molecule has 2 nitrogen and oxygen atoms in total. The van der Waals surface area contributed by atoms with Crippen molar-refractivity contribution < 1.29 is 9.84 Å². The Hall–Kier alpha value is -1.18. The molecular formula is C14H10Cl2O2S. The summed E-state index contributed by atoms with van der Waals surface area (Å²) in [6.07, 6.45) is 0. The Morgan fingerprint density at radius 3 is 2.89 bits per heavy atom. The second kappa shape index (κ2) is 6.83. The molecular weight excluding hydrogens is 303 g/mol. The average molecular weight is 313 g/mol. The summed E-state index contributed by atoms with van der Waals surface area (Å²) in [5.74, 6) is 6.00. The molecule has 0 fully saturated rings. The first-order chi connectivity index (χ1) is 9.19. The minimum Gasteiger partial charge on any atom is -0.486 e. The van der Waals surface area contributed by atoms with Crippen LogP contribution in [0, 0.1) is 11.8 Å². The molecule has 0 saturated heterocycles. The number of hydrogen-bond acceptors (Lipinski definition) is 3. The van der Waals surface area contributed by atoms with E-state index in [2.05, 4.69) is 11.8 Å². The van der Waals surface area contributed by atoms with Crippen molar-refractivity contribution in [2.75, 3.05) is 6.61 Å². The van der Waals surface area contributed by atoms with E-state index >= 15 is 0 Å². The number of halogens is 2. The number of ether oxygens (including phenoxy) is 1. The number of aliphatic hydroxyl groups excluding tert-OH is 1. The van der Waals surface area contributed by atoms with Crippen LogP contribution in [0.3, 0.4) is 0 Å². The van der Waals surface area contributed by atoms with Crippen molar-refractivity contribution in [3.8, 4) is 17.6 Å². The van der Waals surface area contributed by atoms with Gasteiger partial charge in [0, 0.05) is 26.9 Å². The molecule has 0 spiro atoms. The molecule has 1 aromatic heterocycles. The number of hydrogen-bond donors (Lipinski definition) is 1. The van der Waals surface area contributed by atoms with E-state index in [0.29, 0.717) is 22.4 Å². The van der Waals surface area contributed by atoms with Crippen molar-refractivity contribution in [2.24, 2.45) is 0 Å². The van der Waals surface area contributed by atoms with Crippen LogP contribution < -0.4 is 4.74 Å². The van der Waals surface area contributed by atoms with Gasteiger partial charge in [-0.05, 0) is 18.2 Å². The molecule has 2 rings (SSSR count). The van der Waals surface area contributed by atoms with Crippen molar-refractivity contribution in [1.82, 2.24) is 0 Å². The van der Waals surface area contributed by atoms with Gasteiger partial charge >= 0.3 is 0 Å². The number of rotatable bonds is 3. The molecule has 19 heavy (non-hydrogen) atoms. The van der Waals surface area contributed by atoms with Crippen LogP contribution in [0.5, 0.6) is 5.75 Å². The molecule has 0 aliphatic heterocycles. The molecule has 0 amide bonds. The zero-order valence-electron chi connectivity index (χ0n) is 9.82. The molecule has 0 aliphatic carbocycles. The molecule has 0 radical (unpaired) electrons. The van der Waals surface area contributed by atoms with Crippen molar-refractivity contribution >= 4 is 34.5 Å². The Kier molecular flexibility index (Phi) is 5.12. The van der Waals surface area contributed by atoms with Gasteiger partial charge in [0.1, 0.15) is 19.0 Å². The molecule has 0 atom stereocenters. The van der Waals surface area contributed by atoms with Gasteiger partial charge in [0.15, 0.2) is 0 Å². The summed E-state index contributed by atoms with van der Waals surface area (Å²) in [5.41, 5.74) is 0.870. The van der Waals surface area contributed by atoms with Gasteiger partial charge < -0.3 is 9.84 Å². The number of benzene rings is 1. The molecule has 98 valence electrons. The molecule has 2 aromatic rings. The molecule has 1 aromatic carbocycles. The molecule has 0 unspecified atom stereocenters. The number of thiophene rings is 1. The first-order valence-corrected chi connectivity index (χ1v) is 7.07. The zero-order valence-corrected chi connectivity index (χ0v) is 12.1. The summed E-state index contributed by atoms with van der Waals surface area (Å²) in [6, 6.07) is 7.02. The summed E-state index contributed by atoms with van der Waals surface area (Å²) in [6.45, 7) is 0.269. The van der Waals surface area contributed by atoms with Gasteiger partial charge in [-0.15, -0.1) is 11.3 Å². The van der Waals surface area contributed by atoms with Crippen LogP contribution in [0.1, 0.15) is 10.4 Å². The summed E-state index contributed by atoms with van der Waals surface area (Å²) >= 11 is 13.4. The van der Waals surface area contributed by atoms with E-state index in [1.54, 1.807) is 29.5 Å². The highest BCUT2D eigenvalue weighted by molar-refractivity contribution is 7.10. The third-order valence-corrected chi connectivity index (χ3v) is 3.69. The van der Waals surface area contributed by atoms with Gasteiger partial charge in [0.2, 0.25) is 0 Å². The molecule has 5 heteroatoms. The Bertz CT molecular complexity index is 626. The third kappa shape index (κ3) is 4.15. The van der Waals surface area contributed by atoms with Crippen molar-refractivity contribution in [3.63, 3.8) is 0 Å². The van der Waals surface area contributed by atoms with Crippen LogP contribution >= 0.6 is 34.5 Å². The molecule has 0 aliphatic rings. The van der Waals surface area contributed by atoms with E-state index in [-0.39, 0.29) is 6.61 Å². The average Bonchev–Trinajstić information content (AvgIpc) is 2.85. The van der Waals surface area contributed by atoms with Gasteiger partial charge in [0.25, 0.3) is 0 Å². The van der Waals surface area contributed by atoms with Gasteiger partial charge in [0.05, 0.1) is 5.02 Å². The Morgan fingerprint density at radius 1 is 1.26 bits per heavy atom. The fourth-order valence-corrected chi connectivity index (χ4v) is 2.46. The molecule has 0 saturated carbocycles. The Balaban J connectivity index is 2.02. The lowest BCUT2D eigenvalue weighted by Gasteiger charge is -2.06. The van der Waals surface area contributed by atoms with Crippen molar-refractivity contribution in [3.05, 3.63) is 50.1 Å². The maximum atomic E-state index is 8.62. The fraction of sp³-hybridized carbons (Fsp3) is 0.143. The first kappa shape index (κ1) is 14.2. The van der Waals surface area contributed by atoms with E-state index in [1.165, 1.54) is 0 Å². The van der Waals surface area contributed by atoms with Crippen LogP contribution in [-0.4, -0.2) is 11.7 Å². The van der Waals surface area contributed by atoms with Crippen LogP contribution in [0.25, 0.3) is 0 Å². The van der Waals surface area contributed by atoms with Crippen molar-refractivity contribution in [1.29, 1.82) is 0 Å². The normalized spacial score (nSPS) is 9.84. The van der Waals surface area contributed by atoms with Crippen LogP contribution in [0.15, 0.2) is 29.6 Å². The molecule has 0 bridgehead atoms. The minimum absolute atomic E-state index is 0.139. The highest BCUT2D eigenvalue weighted by Gasteiger charge is 2.04. The number of aliphatic hydroxyl groups is 1. The lowest BCUT2D eigenvalue weighted by Crippen LogP contribution is -1.93. The Labute approximate surface area is 125 Å². The van der Waals surface area contributed by atoms with E-state index < -0.39 is 0 Å². The second-order valence-electron chi connectivity index (χ2n) is 3.63. The zero-order chi connectivity index (χ0) is 13.7.